The zero-order valence-electron chi connectivity index (χ0n) is 11.1. The van der Waals surface area contributed by atoms with Crippen LogP contribution in [0.25, 0.3) is 5.78 Å². The van der Waals surface area contributed by atoms with E-state index in [1.807, 2.05) is 0 Å². The van der Waals surface area contributed by atoms with Crippen LogP contribution in [0.4, 0.5) is 10.5 Å². The van der Waals surface area contributed by atoms with Gasteiger partial charge in [-0.2, -0.15) is 4.52 Å². The van der Waals surface area contributed by atoms with E-state index in [9.17, 15) is 9.59 Å². The second-order valence-electron chi connectivity index (χ2n) is 4.98. The molecule has 0 radical (unpaired) electrons. The van der Waals surface area contributed by atoms with Crippen molar-refractivity contribution >= 4 is 17.5 Å². The molecule has 8 nitrogen and oxygen atoms in total. The number of carbonyl (C=O) groups excluding carboxylic acids is 1. The molecule has 0 saturated heterocycles. The van der Waals surface area contributed by atoms with Crippen LogP contribution in [-0.2, 0) is 0 Å². The lowest BCUT2D eigenvalue weighted by molar-refractivity contribution is 0.248. The molecule has 1 aliphatic carbocycles. The summed E-state index contributed by atoms with van der Waals surface area (Å²) >= 11 is 0. The summed E-state index contributed by atoms with van der Waals surface area (Å²) in [4.78, 5) is 32.2. The first-order valence-electron chi connectivity index (χ1n) is 6.65. The summed E-state index contributed by atoms with van der Waals surface area (Å²) in [5.74, 6) is 0.286. The van der Waals surface area contributed by atoms with Crippen molar-refractivity contribution in [1.29, 1.82) is 0 Å². The van der Waals surface area contributed by atoms with Gasteiger partial charge in [-0.1, -0.05) is 12.8 Å². The number of hydrogen-bond donors (Lipinski definition) is 3. The molecule has 3 rings (SSSR count). The molecule has 3 N–H and O–H groups in total. The average Bonchev–Trinajstić information content (AvgIpc) is 3.05. The van der Waals surface area contributed by atoms with E-state index < -0.39 is 0 Å². The first-order valence-corrected chi connectivity index (χ1v) is 6.65. The van der Waals surface area contributed by atoms with E-state index in [4.69, 9.17) is 0 Å². The zero-order valence-corrected chi connectivity index (χ0v) is 11.1. The fourth-order valence-corrected chi connectivity index (χ4v) is 2.51. The van der Waals surface area contributed by atoms with Gasteiger partial charge >= 0.3 is 6.03 Å². The monoisotopic (exact) mass is 276 g/mol. The van der Waals surface area contributed by atoms with E-state index in [0.29, 0.717) is 5.69 Å². The third kappa shape index (κ3) is 2.24. The number of rotatable bonds is 2. The number of fused-ring (bicyclic) bond motifs is 1. The Hall–Kier alpha value is -2.38. The standard InChI is InChI=1S/C12H16N6O2/c1-7-9(10(19)18-11(15-7)13-6-14-18)17-12(20)16-8-4-2-3-5-8/h6,8H,2-5H2,1H3,(H,13,14,15)(H2,16,17,20). The van der Waals surface area contributed by atoms with Crippen molar-refractivity contribution in [2.24, 2.45) is 0 Å². The number of nitrogens with one attached hydrogen (secondary N) is 3. The highest BCUT2D eigenvalue weighted by Gasteiger charge is 2.19. The first kappa shape index (κ1) is 12.6. The van der Waals surface area contributed by atoms with Gasteiger partial charge in [0.2, 0.25) is 0 Å². The Balaban J connectivity index is 1.82. The number of H-pyrrole nitrogens is 1. The smallest absolute Gasteiger partial charge is 0.319 e. The van der Waals surface area contributed by atoms with E-state index in [-0.39, 0.29) is 29.1 Å². The normalized spacial score (nSPS) is 15.7. The topological polar surface area (TPSA) is 104 Å². The molecule has 2 aromatic rings. The van der Waals surface area contributed by atoms with Crippen molar-refractivity contribution in [3.8, 4) is 0 Å². The van der Waals surface area contributed by atoms with Crippen LogP contribution in [0.2, 0.25) is 0 Å². The van der Waals surface area contributed by atoms with Crippen LogP contribution >= 0.6 is 0 Å². The van der Waals surface area contributed by atoms with Crippen LogP contribution < -0.4 is 16.2 Å². The average molecular weight is 276 g/mol. The van der Waals surface area contributed by atoms with Crippen LogP contribution in [0, 0.1) is 6.92 Å². The summed E-state index contributed by atoms with van der Waals surface area (Å²) in [5.41, 5.74) is 0.248. The predicted octanol–water partition coefficient (Wildman–Crippen LogP) is 0.790. The van der Waals surface area contributed by atoms with Crippen LogP contribution in [0.3, 0.4) is 0 Å². The fraction of sp³-hybridized carbons (Fsp3) is 0.500. The number of aryl methyl sites for hydroxylation is 1. The Morgan fingerprint density at radius 2 is 2.20 bits per heavy atom. The molecule has 1 saturated carbocycles. The molecule has 106 valence electrons. The summed E-state index contributed by atoms with van der Waals surface area (Å²) in [5, 5.41) is 8.13. The van der Waals surface area contributed by atoms with E-state index >= 15 is 0 Å². The maximum absolute atomic E-state index is 12.2. The van der Waals surface area contributed by atoms with Crippen LogP contribution in [-0.4, -0.2) is 31.7 Å². The summed E-state index contributed by atoms with van der Waals surface area (Å²) in [6, 6.07) is -0.166. The Labute approximate surface area is 114 Å². The molecule has 2 aromatic heterocycles. The van der Waals surface area contributed by atoms with Gasteiger partial charge < -0.3 is 10.6 Å². The zero-order chi connectivity index (χ0) is 14.1. The highest BCUT2D eigenvalue weighted by atomic mass is 16.2. The van der Waals surface area contributed by atoms with E-state index in [0.717, 1.165) is 25.7 Å². The molecular formula is C12H16N6O2. The van der Waals surface area contributed by atoms with E-state index in [2.05, 4.69) is 25.7 Å². The number of aromatic amines is 1. The lowest BCUT2D eigenvalue weighted by atomic mass is 10.2. The molecule has 8 heteroatoms. The number of aromatic nitrogens is 4. The van der Waals surface area contributed by atoms with Crippen molar-refractivity contribution in [2.45, 2.75) is 38.6 Å². The van der Waals surface area contributed by atoms with Crippen LogP contribution in [0.1, 0.15) is 31.4 Å². The van der Waals surface area contributed by atoms with E-state index in [1.165, 1.54) is 10.8 Å². The molecule has 0 unspecified atom stereocenters. The predicted molar refractivity (Wildman–Crippen MR) is 72.8 cm³/mol. The molecule has 0 aliphatic heterocycles. The largest absolute Gasteiger partial charge is 0.335 e. The van der Waals surface area contributed by atoms with Crippen molar-refractivity contribution in [1.82, 2.24) is 24.9 Å². The van der Waals surface area contributed by atoms with Gasteiger partial charge in [-0.15, -0.1) is 0 Å². The summed E-state index contributed by atoms with van der Waals surface area (Å²) in [7, 11) is 0. The van der Waals surface area contributed by atoms with Gasteiger partial charge in [0.25, 0.3) is 11.3 Å². The van der Waals surface area contributed by atoms with Gasteiger partial charge in [0, 0.05) is 6.04 Å². The van der Waals surface area contributed by atoms with Gasteiger partial charge in [-0.05, 0) is 19.8 Å². The van der Waals surface area contributed by atoms with Gasteiger partial charge in [0.05, 0.1) is 5.69 Å². The minimum absolute atomic E-state index is 0.169. The molecule has 0 atom stereocenters. The van der Waals surface area contributed by atoms with Crippen molar-refractivity contribution < 1.29 is 4.79 Å². The number of nitrogens with zero attached hydrogens (tertiary/aromatic N) is 3. The van der Waals surface area contributed by atoms with Crippen LogP contribution in [0.15, 0.2) is 11.1 Å². The van der Waals surface area contributed by atoms with Crippen molar-refractivity contribution in [3.05, 3.63) is 22.4 Å². The van der Waals surface area contributed by atoms with E-state index in [1.54, 1.807) is 6.92 Å². The second kappa shape index (κ2) is 4.95. The summed E-state index contributed by atoms with van der Waals surface area (Å²) in [6.45, 7) is 1.67. The molecule has 20 heavy (non-hydrogen) atoms. The number of anilines is 1. The van der Waals surface area contributed by atoms with Gasteiger partial charge in [-0.25, -0.2) is 14.8 Å². The Bertz CT molecular complexity index is 698. The maximum atomic E-state index is 12.2. The number of urea groups is 1. The third-order valence-electron chi connectivity index (χ3n) is 3.54. The van der Waals surface area contributed by atoms with Crippen molar-refractivity contribution in [2.75, 3.05) is 5.32 Å². The lowest BCUT2D eigenvalue weighted by Crippen LogP contribution is -2.38. The van der Waals surface area contributed by atoms with Gasteiger partial charge in [0.15, 0.2) is 0 Å². The second-order valence-corrected chi connectivity index (χ2v) is 4.98. The Morgan fingerprint density at radius 1 is 1.45 bits per heavy atom. The SMILES string of the molecule is Cc1nc2nc[nH]n2c(=O)c1NC(=O)NC1CCCC1. The summed E-state index contributed by atoms with van der Waals surface area (Å²) in [6.07, 6.45) is 5.63. The molecule has 0 spiro atoms. The molecule has 2 amide bonds. The highest BCUT2D eigenvalue weighted by molar-refractivity contribution is 5.89. The molecule has 2 heterocycles. The Morgan fingerprint density at radius 3 is 2.95 bits per heavy atom. The summed E-state index contributed by atoms with van der Waals surface area (Å²) < 4.78 is 1.19. The van der Waals surface area contributed by atoms with Crippen molar-refractivity contribution in [3.63, 3.8) is 0 Å². The fourth-order valence-electron chi connectivity index (χ4n) is 2.51. The maximum Gasteiger partial charge on any atom is 0.319 e. The minimum atomic E-state index is -0.369. The Kier molecular flexibility index (Phi) is 3.13. The minimum Gasteiger partial charge on any atom is -0.335 e. The number of carbonyl (C=O) groups is 1. The highest BCUT2D eigenvalue weighted by Crippen LogP contribution is 2.17. The molecule has 1 aliphatic rings. The van der Waals surface area contributed by atoms with Crippen LogP contribution in [0.5, 0.6) is 0 Å². The number of hydrogen-bond acceptors (Lipinski definition) is 4. The third-order valence-corrected chi connectivity index (χ3v) is 3.54. The quantitative estimate of drug-likeness (QED) is 0.754. The molecule has 0 aromatic carbocycles. The number of amides is 2. The molecular weight excluding hydrogens is 260 g/mol. The van der Waals surface area contributed by atoms with Gasteiger partial charge in [0.1, 0.15) is 12.0 Å². The molecule has 1 fully saturated rings. The lowest BCUT2D eigenvalue weighted by Gasteiger charge is -2.13. The first-order chi connectivity index (χ1) is 9.65. The van der Waals surface area contributed by atoms with Gasteiger partial charge in [-0.3, -0.25) is 9.89 Å². The molecule has 0 bridgehead atoms.